The Hall–Kier alpha value is -1.92. The molecule has 7 heteroatoms. The molecule has 152 valence electrons. The topological polar surface area (TPSA) is 54.5 Å². The number of benzene rings is 2. The first-order chi connectivity index (χ1) is 12.8. The summed E-state index contributed by atoms with van der Waals surface area (Å²) < 4.78 is 39.9. The lowest BCUT2D eigenvalue weighted by Crippen LogP contribution is -2.44. The molecular formula is C21H25ClFNO3S. The lowest BCUT2D eigenvalue weighted by atomic mass is 9.93. The first-order valence-corrected chi connectivity index (χ1v) is 11.0. The van der Waals surface area contributed by atoms with Gasteiger partial charge in [-0.2, -0.15) is 0 Å². The van der Waals surface area contributed by atoms with Crippen LogP contribution in [0.3, 0.4) is 0 Å². The molecule has 0 aliphatic heterocycles. The molecule has 0 aromatic heterocycles. The molecule has 2 aromatic rings. The Labute approximate surface area is 171 Å². The van der Waals surface area contributed by atoms with Gasteiger partial charge in [0.05, 0.1) is 16.3 Å². The van der Waals surface area contributed by atoms with Gasteiger partial charge < -0.3 is 4.90 Å². The van der Waals surface area contributed by atoms with Crippen LogP contribution in [-0.2, 0) is 20.4 Å². The van der Waals surface area contributed by atoms with Crippen molar-refractivity contribution in [1.29, 1.82) is 0 Å². The largest absolute Gasteiger partial charge is 0.307 e. The summed E-state index contributed by atoms with van der Waals surface area (Å²) in [5.41, 5.74) is -0.223. The van der Waals surface area contributed by atoms with E-state index >= 15 is 0 Å². The van der Waals surface area contributed by atoms with E-state index in [0.717, 1.165) is 0 Å². The second kappa shape index (κ2) is 8.21. The van der Waals surface area contributed by atoms with Crippen LogP contribution in [0.5, 0.6) is 0 Å². The van der Waals surface area contributed by atoms with Gasteiger partial charge in [-0.3, -0.25) is 4.79 Å². The molecule has 0 heterocycles. The van der Waals surface area contributed by atoms with Crippen molar-refractivity contribution >= 4 is 33.0 Å². The molecule has 0 saturated carbocycles. The number of carbonyl (C=O) groups is 1. The number of nitrogens with zero attached hydrogens (tertiary/aromatic N) is 1. The summed E-state index contributed by atoms with van der Waals surface area (Å²) in [4.78, 5) is 14.4. The van der Waals surface area contributed by atoms with Crippen LogP contribution in [0.4, 0.5) is 10.1 Å². The van der Waals surface area contributed by atoms with E-state index in [9.17, 15) is 17.6 Å². The molecule has 0 spiro atoms. The highest BCUT2D eigenvalue weighted by Gasteiger charge is 2.31. The summed E-state index contributed by atoms with van der Waals surface area (Å²) in [6.45, 7) is 8.87. The molecule has 0 bridgehead atoms. The summed E-state index contributed by atoms with van der Waals surface area (Å²) in [7, 11) is -3.64. The van der Waals surface area contributed by atoms with E-state index < -0.39 is 21.1 Å². The molecule has 0 radical (unpaired) electrons. The van der Waals surface area contributed by atoms with Gasteiger partial charge in [0, 0.05) is 16.5 Å². The Bertz CT molecular complexity index is 964. The van der Waals surface area contributed by atoms with E-state index in [0.29, 0.717) is 10.6 Å². The van der Waals surface area contributed by atoms with Crippen LogP contribution < -0.4 is 4.90 Å². The van der Waals surface area contributed by atoms with Gasteiger partial charge in [-0.1, -0.05) is 38.4 Å². The van der Waals surface area contributed by atoms with E-state index in [2.05, 4.69) is 0 Å². The number of sulfone groups is 1. The van der Waals surface area contributed by atoms with Crippen molar-refractivity contribution in [2.75, 3.05) is 4.90 Å². The summed E-state index contributed by atoms with van der Waals surface area (Å²) in [5.74, 6) is -1.12. The average molecular weight is 426 g/mol. The van der Waals surface area contributed by atoms with Gasteiger partial charge in [-0.05, 0) is 55.8 Å². The quantitative estimate of drug-likeness (QED) is 0.658. The zero-order chi connectivity index (χ0) is 21.3. The summed E-state index contributed by atoms with van der Waals surface area (Å²) in [6.07, 6.45) is 0. The third-order valence-electron chi connectivity index (χ3n) is 4.18. The number of rotatable bonds is 5. The molecule has 0 fully saturated rings. The summed E-state index contributed by atoms with van der Waals surface area (Å²) in [5, 5.41) is 0.441. The molecule has 0 saturated heterocycles. The monoisotopic (exact) mass is 425 g/mol. The second-order valence-corrected chi connectivity index (χ2v) is 10.4. The predicted octanol–water partition coefficient (Wildman–Crippen LogP) is 5.24. The fourth-order valence-corrected chi connectivity index (χ4v) is 4.22. The predicted molar refractivity (Wildman–Crippen MR) is 111 cm³/mol. The van der Waals surface area contributed by atoms with E-state index in [1.54, 1.807) is 34.6 Å². The van der Waals surface area contributed by atoms with Crippen LogP contribution in [0.2, 0.25) is 5.02 Å². The molecule has 1 amide bonds. The fourth-order valence-electron chi connectivity index (χ4n) is 2.76. The molecule has 2 aromatic carbocycles. The lowest BCUT2D eigenvalue weighted by Gasteiger charge is -2.33. The molecule has 0 N–H and O–H groups in total. The van der Waals surface area contributed by atoms with Crippen molar-refractivity contribution in [2.45, 2.75) is 51.3 Å². The van der Waals surface area contributed by atoms with Crippen molar-refractivity contribution in [1.82, 2.24) is 0 Å². The van der Waals surface area contributed by atoms with Gasteiger partial charge >= 0.3 is 0 Å². The number of halogens is 2. The van der Waals surface area contributed by atoms with E-state index in [4.69, 9.17) is 11.6 Å². The standard InChI is InChI=1S/C21H25ClFNO3S/c1-14(2)24(20(25)21(3,4)5)19-12-15(6-11-18(19)23)13-28(26,27)17-9-7-16(22)8-10-17/h6-12,14H,13H2,1-5H3. The second-order valence-electron chi connectivity index (χ2n) is 8.02. The van der Waals surface area contributed by atoms with Crippen LogP contribution in [-0.4, -0.2) is 20.4 Å². The Morgan fingerprint density at radius 1 is 1.11 bits per heavy atom. The average Bonchev–Trinajstić information content (AvgIpc) is 2.56. The van der Waals surface area contributed by atoms with Crippen LogP contribution >= 0.6 is 11.6 Å². The number of amides is 1. The minimum atomic E-state index is -3.64. The van der Waals surface area contributed by atoms with Gasteiger partial charge in [0.15, 0.2) is 9.84 Å². The van der Waals surface area contributed by atoms with Gasteiger partial charge in [-0.15, -0.1) is 0 Å². The first kappa shape index (κ1) is 22.4. The van der Waals surface area contributed by atoms with Gasteiger partial charge in [0.25, 0.3) is 0 Å². The van der Waals surface area contributed by atoms with Crippen LogP contribution in [0.15, 0.2) is 47.4 Å². The van der Waals surface area contributed by atoms with Crippen molar-refractivity contribution in [3.8, 4) is 0 Å². The molecule has 4 nitrogen and oxygen atoms in total. The highest BCUT2D eigenvalue weighted by molar-refractivity contribution is 7.90. The van der Waals surface area contributed by atoms with Crippen molar-refractivity contribution < 1.29 is 17.6 Å². The highest BCUT2D eigenvalue weighted by Crippen LogP contribution is 2.30. The van der Waals surface area contributed by atoms with E-state index in [1.807, 2.05) is 0 Å². The van der Waals surface area contributed by atoms with Gasteiger partial charge in [0.2, 0.25) is 5.91 Å². The molecular weight excluding hydrogens is 401 g/mol. The molecule has 28 heavy (non-hydrogen) atoms. The van der Waals surface area contributed by atoms with Crippen LogP contribution in [0, 0.1) is 11.2 Å². The van der Waals surface area contributed by atoms with Crippen molar-refractivity contribution in [3.05, 3.63) is 58.9 Å². The lowest BCUT2D eigenvalue weighted by molar-refractivity contribution is -0.126. The van der Waals surface area contributed by atoms with Crippen molar-refractivity contribution in [2.24, 2.45) is 5.41 Å². The first-order valence-electron chi connectivity index (χ1n) is 8.93. The minimum absolute atomic E-state index is 0.0822. The van der Waals surface area contributed by atoms with E-state index in [1.165, 1.54) is 47.4 Å². The Balaban J connectivity index is 2.44. The smallest absolute Gasteiger partial charge is 0.232 e. The van der Waals surface area contributed by atoms with E-state index in [-0.39, 0.29) is 28.3 Å². The Morgan fingerprint density at radius 2 is 1.68 bits per heavy atom. The number of carbonyl (C=O) groups excluding carboxylic acids is 1. The van der Waals surface area contributed by atoms with Crippen LogP contribution in [0.1, 0.15) is 40.2 Å². The normalized spacial score (nSPS) is 12.3. The minimum Gasteiger partial charge on any atom is -0.307 e. The summed E-state index contributed by atoms with van der Waals surface area (Å²) >= 11 is 5.82. The molecule has 0 unspecified atom stereocenters. The third-order valence-corrected chi connectivity index (χ3v) is 6.13. The van der Waals surface area contributed by atoms with Gasteiger partial charge in [-0.25, -0.2) is 12.8 Å². The van der Waals surface area contributed by atoms with Crippen LogP contribution in [0.25, 0.3) is 0 Å². The fraction of sp³-hybridized carbons (Fsp3) is 0.381. The summed E-state index contributed by atoms with van der Waals surface area (Å²) in [6, 6.07) is 9.66. The molecule has 0 aliphatic rings. The SMILES string of the molecule is CC(C)N(C(=O)C(C)(C)C)c1cc(CS(=O)(=O)c2ccc(Cl)cc2)ccc1F. The number of anilines is 1. The molecule has 2 rings (SSSR count). The zero-order valence-corrected chi connectivity index (χ0v) is 18.2. The Kier molecular flexibility index (Phi) is 6.56. The maximum Gasteiger partial charge on any atom is 0.232 e. The van der Waals surface area contributed by atoms with Crippen molar-refractivity contribution in [3.63, 3.8) is 0 Å². The Morgan fingerprint density at radius 3 is 2.18 bits per heavy atom. The molecule has 0 atom stereocenters. The maximum absolute atomic E-state index is 14.6. The number of hydrogen-bond acceptors (Lipinski definition) is 3. The van der Waals surface area contributed by atoms with Gasteiger partial charge in [0.1, 0.15) is 5.82 Å². The zero-order valence-electron chi connectivity index (χ0n) is 16.7. The maximum atomic E-state index is 14.6. The third kappa shape index (κ3) is 5.11. The highest BCUT2D eigenvalue weighted by atomic mass is 35.5. The molecule has 0 aliphatic carbocycles. The number of hydrogen-bond donors (Lipinski definition) is 0.